The fraction of sp³-hybridized carbons (Fsp3) is 0.200. The van der Waals surface area contributed by atoms with E-state index < -0.39 is 12.1 Å². The average Bonchev–Trinajstić information content (AvgIpc) is 2.00. The van der Waals surface area contributed by atoms with Crippen LogP contribution in [0.2, 0.25) is 0 Å². The molecule has 0 fully saturated rings. The van der Waals surface area contributed by atoms with E-state index in [0.717, 1.165) is 11.1 Å². The van der Waals surface area contributed by atoms with E-state index in [1.165, 1.54) is 0 Å². The van der Waals surface area contributed by atoms with Crippen LogP contribution in [0.1, 0.15) is 21.5 Å². The van der Waals surface area contributed by atoms with Gasteiger partial charge in [0.1, 0.15) is 0 Å². The summed E-state index contributed by atoms with van der Waals surface area (Å²) >= 11 is 0. The monoisotopic (exact) mass is 193 g/mol. The fourth-order valence-electron chi connectivity index (χ4n) is 1.24. The molecule has 0 radical (unpaired) electrons. The quantitative estimate of drug-likeness (QED) is 0.543. The standard InChI is InChI=1S/C10H11NO3/c1-6-3-7(2)5-8(4-6)9(12)14-10(11)13/h3-5H,1-2H3,(H2,11,13). The van der Waals surface area contributed by atoms with Gasteiger partial charge < -0.3 is 10.5 Å². The van der Waals surface area contributed by atoms with Crippen LogP contribution in [0, 0.1) is 13.8 Å². The summed E-state index contributed by atoms with van der Waals surface area (Å²) in [5, 5.41) is 0. The van der Waals surface area contributed by atoms with Crippen LogP contribution in [0.25, 0.3) is 0 Å². The Hall–Kier alpha value is -1.84. The SMILES string of the molecule is Cc1cc(C)cc(C(=O)OC(N)=O)c1. The molecule has 0 aliphatic rings. The molecule has 0 saturated carbocycles. The Bertz CT molecular complexity index is 365. The lowest BCUT2D eigenvalue weighted by atomic mass is 10.1. The molecule has 0 aliphatic heterocycles. The Morgan fingerprint density at radius 1 is 1.14 bits per heavy atom. The first-order chi connectivity index (χ1) is 6.49. The van der Waals surface area contributed by atoms with E-state index in [9.17, 15) is 9.59 Å². The summed E-state index contributed by atoms with van der Waals surface area (Å²) in [6, 6.07) is 5.19. The summed E-state index contributed by atoms with van der Waals surface area (Å²) in [4.78, 5) is 21.6. The van der Waals surface area contributed by atoms with Gasteiger partial charge in [-0.1, -0.05) is 17.2 Å². The molecule has 1 rings (SSSR count). The van der Waals surface area contributed by atoms with Crippen LogP contribution < -0.4 is 5.73 Å². The first-order valence-corrected chi connectivity index (χ1v) is 4.09. The Morgan fingerprint density at radius 2 is 1.64 bits per heavy atom. The molecule has 1 amide bonds. The number of amides is 1. The zero-order chi connectivity index (χ0) is 10.7. The van der Waals surface area contributed by atoms with Gasteiger partial charge in [-0.2, -0.15) is 0 Å². The molecule has 0 bridgehead atoms. The van der Waals surface area contributed by atoms with Gasteiger partial charge in [0.05, 0.1) is 5.56 Å². The van der Waals surface area contributed by atoms with Gasteiger partial charge in [0.2, 0.25) is 0 Å². The first kappa shape index (κ1) is 10.2. The van der Waals surface area contributed by atoms with Crippen molar-refractivity contribution in [1.82, 2.24) is 0 Å². The number of hydrogen-bond acceptors (Lipinski definition) is 3. The second-order valence-electron chi connectivity index (χ2n) is 3.08. The van der Waals surface area contributed by atoms with Crippen molar-refractivity contribution in [2.75, 3.05) is 0 Å². The fourth-order valence-corrected chi connectivity index (χ4v) is 1.24. The summed E-state index contributed by atoms with van der Waals surface area (Å²) in [6.45, 7) is 3.71. The van der Waals surface area contributed by atoms with E-state index in [4.69, 9.17) is 5.73 Å². The lowest BCUT2D eigenvalue weighted by Gasteiger charge is -2.02. The zero-order valence-electron chi connectivity index (χ0n) is 8.03. The average molecular weight is 193 g/mol. The molecule has 0 unspecified atom stereocenters. The minimum atomic E-state index is -1.09. The smallest absolute Gasteiger partial charge is 0.373 e. The number of nitrogens with two attached hydrogens (primary N) is 1. The predicted molar refractivity (Wildman–Crippen MR) is 50.9 cm³/mol. The van der Waals surface area contributed by atoms with Crippen molar-refractivity contribution in [3.05, 3.63) is 34.9 Å². The van der Waals surface area contributed by atoms with Crippen LogP contribution >= 0.6 is 0 Å². The van der Waals surface area contributed by atoms with Crippen molar-refractivity contribution in [2.45, 2.75) is 13.8 Å². The molecule has 1 aromatic carbocycles. The summed E-state index contributed by atoms with van der Waals surface area (Å²) in [7, 11) is 0. The van der Waals surface area contributed by atoms with Crippen LogP contribution in [0.5, 0.6) is 0 Å². The van der Waals surface area contributed by atoms with Crippen molar-refractivity contribution >= 4 is 12.1 Å². The molecule has 14 heavy (non-hydrogen) atoms. The second kappa shape index (κ2) is 3.91. The number of esters is 1. The molecule has 0 atom stereocenters. The minimum Gasteiger partial charge on any atom is -0.373 e. The third-order valence-electron chi connectivity index (χ3n) is 1.65. The lowest BCUT2D eigenvalue weighted by molar-refractivity contribution is 0.0638. The molecule has 0 heterocycles. The third kappa shape index (κ3) is 2.58. The van der Waals surface area contributed by atoms with Crippen molar-refractivity contribution in [2.24, 2.45) is 5.73 Å². The summed E-state index contributed by atoms with van der Waals surface area (Å²) in [6.07, 6.45) is -1.09. The second-order valence-corrected chi connectivity index (χ2v) is 3.08. The maximum atomic E-state index is 11.2. The Balaban J connectivity index is 2.95. The van der Waals surface area contributed by atoms with E-state index in [-0.39, 0.29) is 0 Å². The van der Waals surface area contributed by atoms with Crippen LogP contribution in [0.15, 0.2) is 18.2 Å². The Kier molecular flexibility index (Phi) is 2.86. The molecule has 0 aliphatic carbocycles. The molecule has 1 aromatic rings. The van der Waals surface area contributed by atoms with Gasteiger partial charge in [-0.3, -0.25) is 0 Å². The van der Waals surface area contributed by atoms with Crippen molar-refractivity contribution < 1.29 is 14.3 Å². The topological polar surface area (TPSA) is 69.4 Å². The highest BCUT2D eigenvalue weighted by atomic mass is 16.6. The lowest BCUT2D eigenvalue weighted by Crippen LogP contribution is -2.18. The van der Waals surface area contributed by atoms with E-state index in [1.54, 1.807) is 12.1 Å². The summed E-state index contributed by atoms with van der Waals surface area (Å²) in [5.41, 5.74) is 6.92. The van der Waals surface area contributed by atoms with E-state index in [0.29, 0.717) is 5.56 Å². The van der Waals surface area contributed by atoms with E-state index in [2.05, 4.69) is 4.74 Å². The Morgan fingerprint density at radius 3 is 2.07 bits per heavy atom. The number of hydrogen-bond donors (Lipinski definition) is 1. The van der Waals surface area contributed by atoms with Crippen LogP contribution in [-0.2, 0) is 4.74 Å². The predicted octanol–water partition coefficient (Wildman–Crippen LogP) is 1.54. The highest BCUT2D eigenvalue weighted by Crippen LogP contribution is 2.09. The number of aryl methyl sites for hydroxylation is 2. The molecule has 0 saturated heterocycles. The summed E-state index contributed by atoms with van der Waals surface area (Å²) < 4.78 is 4.25. The Labute approximate surface area is 81.7 Å². The minimum absolute atomic E-state index is 0.335. The first-order valence-electron chi connectivity index (χ1n) is 4.09. The largest absolute Gasteiger partial charge is 0.412 e. The van der Waals surface area contributed by atoms with Crippen LogP contribution in [0.4, 0.5) is 4.79 Å². The number of rotatable bonds is 1. The normalized spacial score (nSPS) is 9.57. The van der Waals surface area contributed by atoms with Gasteiger partial charge in [-0.25, -0.2) is 9.59 Å². The van der Waals surface area contributed by atoms with Gasteiger partial charge in [-0.05, 0) is 26.0 Å². The van der Waals surface area contributed by atoms with Crippen LogP contribution in [0.3, 0.4) is 0 Å². The maximum absolute atomic E-state index is 11.2. The van der Waals surface area contributed by atoms with E-state index in [1.807, 2.05) is 19.9 Å². The molecular weight excluding hydrogens is 182 g/mol. The molecule has 2 N–H and O–H groups in total. The van der Waals surface area contributed by atoms with Gasteiger partial charge in [0, 0.05) is 0 Å². The van der Waals surface area contributed by atoms with Crippen LogP contribution in [-0.4, -0.2) is 12.1 Å². The third-order valence-corrected chi connectivity index (χ3v) is 1.65. The van der Waals surface area contributed by atoms with Gasteiger partial charge >= 0.3 is 12.1 Å². The van der Waals surface area contributed by atoms with Crippen molar-refractivity contribution in [3.63, 3.8) is 0 Å². The molecule has 4 nitrogen and oxygen atoms in total. The highest BCUT2D eigenvalue weighted by molar-refractivity contribution is 5.96. The molecule has 0 aromatic heterocycles. The van der Waals surface area contributed by atoms with Gasteiger partial charge in [-0.15, -0.1) is 0 Å². The summed E-state index contributed by atoms with van der Waals surface area (Å²) in [5.74, 6) is -0.718. The van der Waals surface area contributed by atoms with E-state index >= 15 is 0 Å². The maximum Gasteiger partial charge on any atom is 0.412 e. The van der Waals surface area contributed by atoms with Crippen molar-refractivity contribution in [1.29, 1.82) is 0 Å². The van der Waals surface area contributed by atoms with Crippen molar-refractivity contribution in [3.8, 4) is 0 Å². The number of carbonyl (C=O) groups is 2. The number of ether oxygens (including phenoxy) is 1. The number of benzene rings is 1. The molecule has 0 spiro atoms. The number of carbonyl (C=O) groups excluding carboxylic acids is 2. The zero-order valence-corrected chi connectivity index (χ0v) is 8.03. The molecular formula is C10H11NO3. The number of primary amides is 1. The van der Waals surface area contributed by atoms with Gasteiger partial charge in [0.15, 0.2) is 0 Å². The molecule has 74 valence electrons. The van der Waals surface area contributed by atoms with Gasteiger partial charge in [0.25, 0.3) is 0 Å². The molecule has 4 heteroatoms. The highest BCUT2D eigenvalue weighted by Gasteiger charge is 2.10.